The lowest BCUT2D eigenvalue weighted by Crippen LogP contribution is -2.05. The SMILES string of the molecule is Cc1c(C(=O)O)n(C)c2cnnc(Nc3ccc(OCc4cccc(F)c4)c(Cl)c3)c12. The van der Waals surface area contributed by atoms with Crippen LogP contribution in [0.1, 0.15) is 21.6 Å². The largest absolute Gasteiger partial charge is 0.487 e. The molecule has 0 fully saturated rings. The number of aromatic nitrogens is 3. The average Bonchev–Trinajstić information content (AvgIpc) is 2.99. The number of halogens is 2. The van der Waals surface area contributed by atoms with Gasteiger partial charge < -0.3 is 19.7 Å². The van der Waals surface area contributed by atoms with Crippen molar-refractivity contribution in [3.05, 3.63) is 76.3 Å². The van der Waals surface area contributed by atoms with E-state index in [2.05, 4.69) is 15.5 Å². The van der Waals surface area contributed by atoms with Gasteiger partial charge in [-0.15, -0.1) is 5.10 Å². The number of hydrogen-bond acceptors (Lipinski definition) is 5. The predicted octanol–water partition coefficient (Wildman–Crippen LogP) is 5.09. The number of nitrogens with one attached hydrogen (secondary N) is 1. The van der Waals surface area contributed by atoms with Crippen molar-refractivity contribution in [1.29, 1.82) is 0 Å². The molecule has 2 N–H and O–H groups in total. The molecule has 0 radical (unpaired) electrons. The highest BCUT2D eigenvalue weighted by Crippen LogP contribution is 2.33. The smallest absolute Gasteiger partial charge is 0.352 e. The number of carboxylic acids is 1. The first-order valence-corrected chi connectivity index (χ1v) is 9.70. The highest BCUT2D eigenvalue weighted by molar-refractivity contribution is 6.32. The Morgan fingerprint density at radius 3 is 2.81 bits per heavy atom. The summed E-state index contributed by atoms with van der Waals surface area (Å²) in [7, 11) is 1.67. The molecule has 7 nitrogen and oxygen atoms in total. The Balaban J connectivity index is 1.59. The number of nitrogens with zero attached hydrogens (tertiary/aromatic N) is 3. The van der Waals surface area contributed by atoms with E-state index in [9.17, 15) is 14.3 Å². The molecule has 0 aliphatic heterocycles. The summed E-state index contributed by atoms with van der Waals surface area (Å²) in [6, 6.07) is 11.3. The first-order chi connectivity index (χ1) is 14.8. The van der Waals surface area contributed by atoms with E-state index >= 15 is 0 Å². The summed E-state index contributed by atoms with van der Waals surface area (Å²) in [6.45, 7) is 1.91. The van der Waals surface area contributed by atoms with E-state index in [1.165, 1.54) is 18.3 Å². The van der Waals surface area contributed by atoms with Gasteiger partial charge in [-0.3, -0.25) is 0 Å². The van der Waals surface area contributed by atoms with Crippen molar-refractivity contribution in [3.8, 4) is 5.75 Å². The fourth-order valence-electron chi connectivity index (χ4n) is 3.50. The van der Waals surface area contributed by atoms with Crippen molar-refractivity contribution in [2.24, 2.45) is 7.05 Å². The molecule has 0 saturated carbocycles. The first kappa shape index (κ1) is 20.6. The van der Waals surface area contributed by atoms with Gasteiger partial charge in [0.05, 0.1) is 16.7 Å². The van der Waals surface area contributed by atoms with Crippen LogP contribution in [0, 0.1) is 12.7 Å². The van der Waals surface area contributed by atoms with Crippen LogP contribution >= 0.6 is 11.6 Å². The Hall–Kier alpha value is -3.65. The second-order valence-corrected chi connectivity index (χ2v) is 7.39. The van der Waals surface area contributed by atoms with Gasteiger partial charge in [0.2, 0.25) is 0 Å². The third-order valence-corrected chi connectivity index (χ3v) is 5.23. The van der Waals surface area contributed by atoms with Gasteiger partial charge in [-0.25, -0.2) is 9.18 Å². The molecule has 9 heteroatoms. The van der Waals surface area contributed by atoms with E-state index in [4.69, 9.17) is 16.3 Å². The molecule has 0 aliphatic carbocycles. The van der Waals surface area contributed by atoms with Crippen molar-refractivity contribution in [2.75, 3.05) is 5.32 Å². The van der Waals surface area contributed by atoms with Crippen LogP contribution in [-0.2, 0) is 13.7 Å². The summed E-state index contributed by atoms with van der Waals surface area (Å²) in [4.78, 5) is 11.6. The number of anilines is 2. The van der Waals surface area contributed by atoms with E-state index in [-0.39, 0.29) is 18.1 Å². The second-order valence-electron chi connectivity index (χ2n) is 6.98. The molecule has 31 heavy (non-hydrogen) atoms. The number of ether oxygens (including phenoxy) is 1. The Labute approximate surface area is 182 Å². The number of carbonyl (C=O) groups is 1. The van der Waals surface area contributed by atoms with Crippen LogP contribution in [0.5, 0.6) is 5.75 Å². The fraction of sp³-hybridized carbons (Fsp3) is 0.136. The highest BCUT2D eigenvalue weighted by atomic mass is 35.5. The quantitative estimate of drug-likeness (QED) is 0.434. The van der Waals surface area contributed by atoms with Crippen LogP contribution < -0.4 is 10.1 Å². The average molecular weight is 441 g/mol. The summed E-state index contributed by atoms with van der Waals surface area (Å²) in [5.74, 6) is -0.485. The minimum absolute atomic E-state index is 0.173. The van der Waals surface area contributed by atoms with Gasteiger partial charge in [0, 0.05) is 18.1 Å². The summed E-state index contributed by atoms with van der Waals surface area (Å²) in [5, 5.41) is 21.8. The molecule has 2 heterocycles. The molecule has 4 rings (SSSR count). The topological polar surface area (TPSA) is 89.3 Å². The molecule has 0 aliphatic rings. The van der Waals surface area contributed by atoms with Crippen LogP contribution in [0.2, 0.25) is 5.02 Å². The van der Waals surface area contributed by atoms with Gasteiger partial charge in [-0.1, -0.05) is 23.7 Å². The normalized spacial score (nSPS) is 11.0. The minimum Gasteiger partial charge on any atom is -0.487 e. The number of fused-ring (bicyclic) bond motifs is 1. The molecule has 4 aromatic rings. The van der Waals surface area contributed by atoms with Gasteiger partial charge >= 0.3 is 5.97 Å². The number of carboxylic acid groups (broad SMARTS) is 1. The van der Waals surface area contributed by atoms with Crippen molar-refractivity contribution in [1.82, 2.24) is 14.8 Å². The number of aromatic carboxylic acids is 1. The zero-order valence-electron chi connectivity index (χ0n) is 16.7. The summed E-state index contributed by atoms with van der Waals surface area (Å²) >= 11 is 6.36. The Morgan fingerprint density at radius 2 is 2.10 bits per heavy atom. The molecule has 0 amide bonds. The van der Waals surface area contributed by atoms with Crippen molar-refractivity contribution < 1.29 is 19.0 Å². The maximum Gasteiger partial charge on any atom is 0.352 e. The lowest BCUT2D eigenvalue weighted by atomic mass is 10.2. The summed E-state index contributed by atoms with van der Waals surface area (Å²) < 4.78 is 20.6. The molecule has 0 bridgehead atoms. The summed E-state index contributed by atoms with van der Waals surface area (Å²) in [6.07, 6.45) is 1.52. The van der Waals surface area contributed by atoms with Crippen LogP contribution in [0.4, 0.5) is 15.9 Å². The Kier molecular flexibility index (Phi) is 5.48. The van der Waals surface area contributed by atoms with Crippen molar-refractivity contribution >= 4 is 40.0 Å². The first-order valence-electron chi connectivity index (χ1n) is 9.33. The fourth-order valence-corrected chi connectivity index (χ4v) is 3.74. The van der Waals surface area contributed by atoms with Gasteiger partial charge in [-0.2, -0.15) is 5.10 Å². The molecule has 2 aromatic carbocycles. The molecule has 158 valence electrons. The van der Waals surface area contributed by atoms with E-state index < -0.39 is 5.97 Å². The van der Waals surface area contributed by atoms with Crippen LogP contribution in [0.15, 0.2) is 48.7 Å². The number of hydrogen-bond donors (Lipinski definition) is 2. The van der Waals surface area contributed by atoms with E-state index in [0.717, 1.165) is 0 Å². The van der Waals surface area contributed by atoms with E-state index in [1.807, 2.05) is 0 Å². The molecule has 2 aromatic heterocycles. The molecular formula is C22H18ClFN4O3. The third kappa shape index (κ3) is 4.02. The Bertz CT molecular complexity index is 1310. The van der Waals surface area contributed by atoms with Gasteiger partial charge in [-0.05, 0) is 48.4 Å². The lowest BCUT2D eigenvalue weighted by molar-refractivity contribution is 0.0686. The molecule has 0 saturated heterocycles. The lowest BCUT2D eigenvalue weighted by Gasteiger charge is -2.11. The van der Waals surface area contributed by atoms with Gasteiger partial charge in [0.15, 0.2) is 5.82 Å². The van der Waals surface area contributed by atoms with Crippen LogP contribution in [-0.4, -0.2) is 25.8 Å². The number of rotatable bonds is 6. The Morgan fingerprint density at radius 1 is 1.29 bits per heavy atom. The van der Waals surface area contributed by atoms with Crippen LogP contribution in [0.3, 0.4) is 0 Å². The highest BCUT2D eigenvalue weighted by Gasteiger charge is 2.21. The van der Waals surface area contributed by atoms with Gasteiger partial charge in [0.1, 0.15) is 23.9 Å². The molecule has 0 unspecified atom stereocenters. The maximum atomic E-state index is 13.3. The number of benzene rings is 2. The zero-order chi connectivity index (χ0) is 22.1. The molecule has 0 spiro atoms. The third-order valence-electron chi connectivity index (χ3n) is 4.94. The maximum absolute atomic E-state index is 13.3. The monoisotopic (exact) mass is 440 g/mol. The van der Waals surface area contributed by atoms with Crippen molar-refractivity contribution in [2.45, 2.75) is 13.5 Å². The standard InChI is InChI=1S/C22H18ClFN4O3/c1-12-19-17(28(2)20(12)22(29)30)10-25-27-21(19)26-15-6-7-18(16(23)9-15)31-11-13-4-3-5-14(24)8-13/h3-10H,11H2,1-2H3,(H,26,27)(H,29,30). The van der Waals surface area contributed by atoms with E-state index in [1.54, 1.807) is 48.9 Å². The van der Waals surface area contributed by atoms with Gasteiger partial charge in [0.25, 0.3) is 0 Å². The minimum atomic E-state index is -1.02. The molecular weight excluding hydrogens is 423 g/mol. The van der Waals surface area contributed by atoms with Crippen LogP contribution in [0.25, 0.3) is 10.9 Å². The number of aryl methyl sites for hydroxylation is 2. The zero-order valence-corrected chi connectivity index (χ0v) is 17.4. The second kappa shape index (κ2) is 8.23. The summed E-state index contributed by atoms with van der Waals surface area (Å²) in [5.41, 5.74) is 2.73. The van der Waals surface area contributed by atoms with E-state index in [0.29, 0.717) is 44.3 Å². The molecule has 0 atom stereocenters. The predicted molar refractivity (Wildman–Crippen MR) is 116 cm³/mol. The van der Waals surface area contributed by atoms with Crippen molar-refractivity contribution in [3.63, 3.8) is 0 Å².